The molecule has 1 atom stereocenters. The van der Waals surface area contributed by atoms with Gasteiger partial charge in [0, 0.05) is 25.1 Å². The zero-order valence-electron chi connectivity index (χ0n) is 23.2. The smallest absolute Gasteiger partial charge is 0.412 e. The molecule has 3 aromatic rings. The van der Waals surface area contributed by atoms with Gasteiger partial charge in [-0.3, -0.25) is 19.8 Å². The van der Waals surface area contributed by atoms with E-state index >= 15 is 0 Å². The second-order valence-corrected chi connectivity index (χ2v) is 10.1. The molecule has 2 amide bonds. The van der Waals surface area contributed by atoms with Crippen LogP contribution in [-0.4, -0.2) is 79.7 Å². The summed E-state index contributed by atoms with van der Waals surface area (Å²) in [6.45, 7) is 0.125. The number of anilines is 1. The molecule has 41 heavy (non-hydrogen) atoms. The maximum atomic E-state index is 13.8. The van der Waals surface area contributed by atoms with Gasteiger partial charge in [-0.2, -0.15) is 0 Å². The number of nitrogens with zero attached hydrogens (tertiary/aromatic N) is 3. The highest BCUT2D eigenvalue weighted by atomic mass is 35.5. The third-order valence-corrected chi connectivity index (χ3v) is 6.71. The summed E-state index contributed by atoms with van der Waals surface area (Å²) in [6.07, 6.45) is 1.77. The number of pyridine rings is 1. The summed E-state index contributed by atoms with van der Waals surface area (Å²) in [7, 11) is 5.09. The van der Waals surface area contributed by atoms with Crippen molar-refractivity contribution in [3.8, 4) is 0 Å². The van der Waals surface area contributed by atoms with Gasteiger partial charge in [-0.25, -0.2) is 18.6 Å². The minimum Gasteiger partial charge on any atom is -0.465 e. The van der Waals surface area contributed by atoms with Crippen molar-refractivity contribution in [2.75, 3.05) is 46.2 Å². The molecule has 1 aromatic heterocycles. The largest absolute Gasteiger partial charge is 0.465 e. The number of amides is 2. The standard InChI is InChI=1S/C29H33ClF2N4O5/c1-35(2)17-27(38)40-13-5-7-23(36(3)26(37)12-10-19-6-4-8-24(32)28(19)30)18-41-29(39)34-25-15-21-14-22(31)11-9-20(21)16-33-25/h4,6,8-9,11,14-16,23H,5,7,10,12-13,17-18H2,1-3H3,(H,33,34,39)/t23-/m0/s1. The van der Waals surface area contributed by atoms with Crippen LogP contribution in [0.25, 0.3) is 10.8 Å². The topological polar surface area (TPSA) is 101 Å². The van der Waals surface area contributed by atoms with Gasteiger partial charge in [0.15, 0.2) is 0 Å². The number of hydrogen-bond donors (Lipinski definition) is 1. The Morgan fingerprint density at radius 3 is 2.59 bits per heavy atom. The highest BCUT2D eigenvalue weighted by molar-refractivity contribution is 6.31. The first-order valence-corrected chi connectivity index (χ1v) is 13.4. The van der Waals surface area contributed by atoms with Gasteiger partial charge < -0.3 is 14.4 Å². The van der Waals surface area contributed by atoms with Crippen LogP contribution in [0.5, 0.6) is 0 Å². The van der Waals surface area contributed by atoms with Gasteiger partial charge in [0.05, 0.1) is 24.2 Å². The summed E-state index contributed by atoms with van der Waals surface area (Å²) >= 11 is 6.02. The molecule has 220 valence electrons. The van der Waals surface area contributed by atoms with E-state index in [9.17, 15) is 23.2 Å². The Morgan fingerprint density at radius 1 is 1.05 bits per heavy atom. The number of aryl methyl sites for hydroxylation is 1. The van der Waals surface area contributed by atoms with Gasteiger partial charge >= 0.3 is 12.1 Å². The molecule has 3 rings (SSSR count). The van der Waals surface area contributed by atoms with Crippen molar-refractivity contribution >= 4 is 46.2 Å². The van der Waals surface area contributed by atoms with Crippen molar-refractivity contribution in [1.29, 1.82) is 0 Å². The van der Waals surface area contributed by atoms with E-state index in [1.807, 2.05) is 0 Å². The maximum Gasteiger partial charge on any atom is 0.412 e. The van der Waals surface area contributed by atoms with E-state index in [1.165, 1.54) is 41.4 Å². The van der Waals surface area contributed by atoms with Crippen LogP contribution in [0, 0.1) is 11.6 Å². The zero-order valence-corrected chi connectivity index (χ0v) is 23.9. The van der Waals surface area contributed by atoms with Crippen LogP contribution >= 0.6 is 11.6 Å². The number of halogens is 3. The molecule has 1 N–H and O–H groups in total. The van der Waals surface area contributed by atoms with Crippen molar-refractivity contribution < 1.29 is 32.6 Å². The molecule has 1 heterocycles. The number of rotatable bonds is 13. The quantitative estimate of drug-likeness (QED) is 0.219. The van der Waals surface area contributed by atoms with Gasteiger partial charge in [0.25, 0.3) is 0 Å². The van der Waals surface area contributed by atoms with Gasteiger partial charge in [-0.05, 0) is 74.6 Å². The average molecular weight is 591 g/mol. The minimum atomic E-state index is -0.803. The first-order chi connectivity index (χ1) is 19.5. The van der Waals surface area contributed by atoms with Crippen LogP contribution in [0.3, 0.4) is 0 Å². The van der Waals surface area contributed by atoms with Crippen molar-refractivity contribution in [2.24, 2.45) is 0 Å². The number of esters is 1. The number of carbonyl (C=O) groups is 3. The summed E-state index contributed by atoms with van der Waals surface area (Å²) in [5.41, 5.74) is 0.510. The van der Waals surface area contributed by atoms with Crippen LogP contribution in [0.4, 0.5) is 19.4 Å². The lowest BCUT2D eigenvalue weighted by Crippen LogP contribution is -2.41. The molecule has 0 aliphatic rings. The number of ether oxygens (including phenoxy) is 2. The fourth-order valence-corrected chi connectivity index (χ4v) is 4.27. The van der Waals surface area contributed by atoms with E-state index in [0.29, 0.717) is 29.2 Å². The molecule has 0 spiro atoms. The van der Waals surface area contributed by atoms with Crippen LogP contribution in [0.15, 0.2) is 48.7 Å². The van der Waals surface area contributed by atoms with Gasteiger partial charge in [0.1, 0.15) is 24.1 Å². The Bertz CT molecular complexity index is 1370. The number of benzene rings is 2. The van der Waals surface area contributed by atoms with Crippen molar-refractivity contribution in [2.45, 2.75) is 31.7 Å². The van der Waals surface area contributed by atoms with Crippen LogP contribution in [0.2, 0.25) is 5.02 Å². The monoisotopic (exact) mass is 590 g/mol. The highest BCUT2D eigenvalue weighted by Crippen LogP contribution is 2.22. The lowest BCUT2D eigenvalue weighted by Gasteiger charge is -2.28. The van der Waals surface area contributed by atoms with E-state index in [2.05, 4.69) is 10.3 Å². The lowest BCUT2D eigenvalue weighted by atomic mass is 10.1. The number of carbonyl (C=O) groups excluding carboxylic acids is 3. The molecule has 0 aliphatic carbocycles. The van der Waals surface area contributed by atoms with Crippen molar-refractivity contribution in [3.05, 3.63) is 70.9 Å². The Balaban J connectivity index is 1.60. The molecule has 0 saturated carbocycles. The number of aromatic nitrogens is 1. The number of likely N-dealkylation sites (N-methyl/N-ethyl adjacent to an activating group) is 2. The average Bonchev–Trinajstić information content (AvgIpc) is 2.92. The summed E-state index contributed by atoms with van der Waals surface area (Å²) in [5, 5.41) is 3.75. The number of fused-ring (bicyclic) bond motifs is 1. The fourth-order valence-electron chi connectivity index (χ4n) is 4.05. The molecule has 0 fully saturated rings. The molecule has 2 aromatic carbocycles. The van der Waals surface area contributed by atoms with Crippen LogP contribution < -0.4 is 5.32 Å². The van der Waals surface area contributed by atoms with Gasteiger partial charge in [0.2, 0.25) is 5.91 Å². The van der Waals surface area contributed by atoms with E-state index in [-0.39, 0.29) is 55.3 Å². The molecule has 0 unspecified atom stereocenters. The fraction of sp³-hybridized carbons (Fsp3) is 0.379. The summed E-state index contributed by atoms with van der Waals surface area (Å²) in [5.74, 6) is -1.44. The zero-order chi connectivity index (χ0) is 29.9. The van der Waals surface area contributed by atoms with Crippen LogP contribution in [-0.2, 0) is 25.5 Å². The normalized spacial score (nSPS) is 11.8. The predicted molar refractivity (Wildman–Crippen MR) is 152 cm³/mol. The third-order valence-electron chi connectivity index (χ3n) is 6.29. The maximum absolute atomic E-state index is 13.8. The summed E-state index contributed by atoms with van der Waals surface area (Å²) < 4.78 is 38.0. The van der Waals surface area contributed by atoms with Gasteiger partial charge in [-0.15, -0.1) is 0 Å². The van der Waals surface area contributed by atoms with E-state index in [0.717, 1.165) is 0 Å². The predicted octanol–water partition coefficient (Wildman–Crippen LogP) is 5.06. The lowest BCUT2D eigenvalue weighted by molar-refractivity contribution is -0.144. The number of hydrogen-bond acceptors (Lipinski definition) is 7. The first kappa shape index (κ1) is 31.7. The molecule has 12 heteroatoms. The van der Waals surface area contributed by atoms with Crippen LogP contribution in [0.1, 0.15) is 24.8 Å². The Hall–Kier alpha value is -3.83. The Labute approximate surface area is 242 Å². The first-order valence-electron chi connectivity index (χ1n) is 13.0. The molecule has 0 bridgehead atoms. The molecule has 9 nitrogen and oxygen atoms in total. The SMILES string of the molecule is CN(C)CC(=O)OCCC[C@@H](COC(=O)Nc1cc2cc(F)ccc2cn1)N(C)C(=O)CCc1cccc(F)c1Cl. The Morgan fingerprint density at radius 2 is 1.83 bits per heavy atom. The Kier molecular flexibility index (Phi) is 11.8. The second-order valence-electron chi connectivity index (χ2n) is 9.76. The molecule has 0 aliphatic heterocycles. The summed E-state index contributed by atoms with van der Waals surface area (Å²) in [6, 6.07) is 9.63. The van der Waals surface area contributed by atoms with Crippen molar-refractivity contribution in [1.82, 2.24) is 14.8 Å². The number of nitrogens with one attached hydrogen (secondary N) is 1. The molecule has 0 radical (unpaired) electrons. The second kappa shape index (κ2) is 15.2. The highest BCUT2D eigenvalue weighted by Gasteiger charge is 2.22. The third kappa shape index (κ3) is 9.94. The van der Waals surface area contributed by atoms with E-state index in [4.69, 9.17) is 21.1 Å². The molecule has 0 saturated heterocycles. The molecular weight excluding hydrogens is 558 g/mol. The van der Waals surface area contributed by atoms with Crippen molar-refractivity contribution in [3.63, 3.8) is 0 Å². The van der Waals surface area contributed by atoms with E-state index in [1.54, 1.807) is 38.2 Å². The summed E-state index contributed by atoms with van der Waals surface area (Å²) in [4.78, 5) is 44.7. The molecular formula is C29H33ClF2N4O5. The van der Waals surface area contributed by atoms with Gasteiger partial charge in [-0.1, -0.05) is 23.7 Å². The minimum absolute atomic E-state index is 0.0240. The van der Waals surface area contributed by atoms with E-state index < -0.39 is 23.8 Å².